The minimum atomic E-state index is -0.141. The van der Waals surface area contributed by atoms with E-state index in [1.54, 1.807) is 32.0 Å². The maximum Gasteiger partial charge on any atom is 0.251 e. The molecule has 1 aliphatic carbocycles. The van der Waals surface area contributed by atoms with Crippen LogP contribution in [-0.4, -0.2) is 23.0 Å². The zero-order chi connectivity index (χ0) is 17.5. The van der Waals surface area contributed by atoms with Crippen molar-refractivity contribution in [2.45, 2.75) is 52.0 Å². The number of nitrogens with one attached hydrogen (secondary N) is 3. The van der Waals surface area contributed by atoms with Gasteiger partial charge in [0, 0.05) is 23.2 Å². The van der Waals surface area contributed by atoms with Gasteiger partial charge < -0.3 is 16.0 Å². The largest absolute Gasteiger partial charge is 0.349 e. The molecule has 0 unspecified atom stereocenters. The lowest BCUT2D eigenvalue weighted by Crippen LogP contribution is -2.37. The van der Waals surface area contributed by atoms with E-state index in [9.17, 15) is 9.59 Å². The van der Waals surface area contributed by atoms with Crippen molar-refractivity contribution in [2.75, 3.05) is 5.32 Å². The van der Waals surface area contributed by atoms with Gasteiger partial charge in [0.1, 0.15) is 0 Å². The summed E-state index contributed by atoms with van der Waals surface area (Å²) in [5.74, 6) is -0.348. The molecular weight excluding hydrogens is 322 g/mol. The second-order valence-corrected chi connectivity index (χ2v) is 6.90. The molecule has 0 aromatic heterocycles. The van der Waals surface area contributed by atoms with Gasteiger partial charge in [-0.2, -0.15) is 0 Å². The number of benzene rings is 1. The fraction of sp³-hybridized carbons (Fsp3) is 0.500. The molecule has 6 heteroatoms. The Morgan fingerprint density at radius 2 is 1.88 bits per heavy atom. The lowest BCUT2D eigenvalue weighted by atomic mass is 9.95. The average molecular weight is 347 g/mol. The number of amides is 2. The van der Waals surface area contributed by atoms with Gasteiger partial charge in [-0.3, -0.25) is 9.59 Å². The molecule has 130 valence electrons. The first-order chi connectivity index (χ1) is 11.5. The SMILES string of the molecule is CC(C)C(=O)NC(=S)Nc1cccc(C(=O)NC2CCCCC2)c1. The van der Waals surface area contributed by atoms with Gasteiger partial charge in [0.15, 0.2) is 5.11 Å². The molecule has 0 atom stereocenters. The number of carbonyl (C=O) groups is 2. The molecule has 1 aromatic rings. The van der Waals surface area contributed by atoms with Crippen LogP contribution < -0.4 is 16.0 Å². The van der Waals surface area contributed by atoms with Crippen LogP contribution in [0.5, 0.6) is 0 Å². The van der Waals surface area contributed by atoms with E-state index < -0.39 is 0 Å². The van der Waals surface area contributed by atoms with Gasteiger partial charge in [-0.25, -0.2) is 0 Å². The Hall–Kier alpha value is -1.95. The summed E-state index contributed by atoms with van der Waals surface area (Å²) in [4.78, 5) is 24.0. The zero-order valence-corrected chi connectivity index (χ0v) is 15.0. The van der Waals surface area contributed by atoms with Crippen molar-refractivity contribution in [3.8, 4) is 0 Å². The third-order valence-corrected chi connectivity index (χ3v) is 4.29. The molecule has 1 aliphatic rings. The highest BCUT2D eigenvalue weighted by Gasteiger charge is 2.17. The van der Waals surface area contributed by atoms with Crippen LogP contribution in [0.4, 0.5) is 5.69 Å². The predicted molar refractivity (Wildman–Crippen MR) is 100.0 cm³/mol. The molecule has 1 fully saturated rings. The molecule has 2 amide bonds. The topological polar surface area (TPSA) is 70.2 Å². The van der Waals surface area contributed by atoms with E-state index in [2.05, 4.69) is 16.0 Å². The maximum atomic E-state index is 12.4. The normalized spacial score (nSPS) is 15.0. The van der Waals surface area contributed by atoms with Crippen molar-refractivity contribution >= 4 is 34.8 Å². The quantitative estimate of drug-likeness (QED) is 0.732. The van der Waals surface area contributed by atoms with Gasteiger partial charge in [0.25, 0.3) is 5.91 Å². The highest BCUT2D eigenvalue weighted by Crippen LogP contribution is 2.18. The van der Waals surface area contributed by atoms with Crippen LogP contribution in [0.25, 0.3) is 0 Å². The summed E-state index contributed by atoms with van der Waals surface area (Å²) in [6, 6.07) is 7.40. The first kappa shape index (κ1) is 18.4. The molecule has 3 N–H and O–H groups in total. The summed E-state index contributed by atoms with van der Waals surface area (Å²) in [5.41, 5.74) is 1.27. The van der Waals surface area contributed by atoms with Crippen LogP contribution in [0, 0.1) is 5.92 Å². The number of anilines is 1. The van der Waals surface area contributed by atoms with Gasteiger partial charge in [-0.15, -0.1) is 0 Å². The molecule has 1 aromatic carbocycles. The number of hydrogen-bond donors (Lipinski definition) is 3. The predicted octanol–water partition coefficient (Wildman–Crippen LogP) is 3.22. The molecule has 5 nitrogen and oxygen atoms in total. The monoisotopic (exact) mass is 347 g/mol. The van der Waals surface area contributed by atoms with Crippen LogP contribution in [-0.2, 0) is 4.79 Å². The first-order valence-corrected chi connectivity index (χ1v) is 8.89. The Balaban J connectivity index is 1.93. The van der Waals surface area contributed by atoms with Crippen LogP contribution >= 0.6 is 12.2 Å². The second-order valence-electron chi connectivity index (χ2n) is 6.49. The van der Waals surface area contributed by atoms with E-state index in [0.29, 0.717) is 11.3 Å². The Morgan fingerprint density at radius 1 is 1.17 bits per heavy atom. The molecule has 0 radical (unpaired) electrons. The van der Waals surface area contributed by atoms with Crippen molar-refractivity contribution < 1.29 is 9.59 Å². The second kappa shape index (κ2) is 8.78. The minimum absolute atomic E-state index is 0.0670. The van der Waals surface area contributed by atoms with E-state index in [0.717, 1.165) is 12.8 Å². The van der Waals surface area contributed by atoms with Crippen LogP contribution in [0.15, 0.2) is 24.3 Å². The summed E-state index contributed by atoms with van der Waals surface area (Å²) in [7, 11) is 0. The summed E-state index contributed by atoms with van der Waals surface area (Å²) >= 11 is 5.13. The van der Waals surface area contributed by atoms with Crippen molar-refractivity contribution in [1.29, 1.82) is 0 Å². The molecule has 0 bridgehead atoms. The fourth-order valence-corrected chi connectivity index (χ4v) is 2.89. The number of hydrogen-bond acceptors (Lipinski definition) is 3. The molecule has 0 aliphatic heterocycles. The van der Waals surface area contributed by atoms with Gasteiger partial charge in [-0.1, -0.05) is 39.2 Å². The van der Waals surface area contributed by atoms with Crippen LogP contribution in [0.3, 0.4) is 0 Å². The fourth-order valence-electron chi connectivity index (χ4n) is 2.67. The first-order valence-electron chi connectivity index (χ1n) is 8.48. The Morgan fingerprint density at radius 3 is 2.54 bits per heavy atom. The highest BCUT2D eigenvalue weighted by atomic mass is 32.1. The van der Waals surface area contributed by atoms with Crippen molar-refractivity contribution in [3.05, 3.63) is 29.8 Å². The Kier molecular flexibility index (Phi) is 6.73. The molecule has 24 heavy (non-hydrogen) atoms. The van der Waals surface area contributed by atoms with E-state index in [-0.39, 0.29) is 28.9 Å². The van der Waals surface area contributed by atoms with Crippen LogP contribution in [0.1, 0.15) is 56.3 Å². The van der Waals surface area contributed by atoms with E-state index in [4.69, 9.17) is 12.2 Å². The van der Waals surface area contributed by atoms with E-state index in [1.165, 1.54) is 19.3 Å². The average Bonchev–Trinajstić information content (AvgIpc) is 2.55. The molecule has 0 saturated heterocycles. The number of rotatable bonds is 4. The van der Waals surface area contributed by atoms with Gasteiger partial charge in [0.2, 0.25) is 5.91 Å². The molecular formula is C18H25N3O2S. The molecule has 2 rings (SSSR count). The van der Waals surface area contributed by atoms with E-state index >= 15 is 0 Å². The molecule has 0 spiro atoms. The number of thiocarbonyl (C=S) groups is 1. The van der Waals surface area contributed by atoms with Crippen molar-refractivity contribution in [2.24, 2.45) is 5.92 Å². The smallest absolute Gasteiger partial charge is 0.251 e. The standard InChI is InChI=1S/C18H25N3O2S/c1-12(2)16(22)21-18(24)20-15-10-6-7-13(11-15)17(23)19-14-8-4-3-5-9-14/h6-7,10-12,14H,3-5,8-9H2,1-2H3,(H,19,23)(H2,20,21,22,24). The van der Waals surface area contributed by atoms with Crippen LogP contribution in [0.2, 0.25) is 0 Å². The van der Waals surface area contributed by atoms with Crippen molar-refractivity contribution in [1.82, 2.24) is 10.6 Å². The minimum Gasteiger partial charge on any atom is -0.349 e. The zero-order valence-electron chi connectivity index (χ0n) is 14.2. The highest BCUT2D eigenvalue weighted by molar-refractivity contribution is 7.80. The Labute approximate surface area is 148 Å². The van der Waals surface area contributed by atoms with Gasteiger partial charge in [-0.05, 0) is 43.3 Å². The lowest BCUT2D eigenvalue weighted by Gasteiger charge is -2.22. The summed E-state index contributed by atoms with van der Waals surface area (Å²) in [6.45, 7) is 3.60. The maximum absolute atomic E-state index is 12.4. The summed E-state index contributed by atoms with van der Waals surface area (Å²) in [6.07, 6.45) is 5.71. The third-order valence-electron chi connectivity index (χ3n) is 4.08. The molecule has 1 saturated carbocycles. The van der Waals surface area contributed by atoms with Gasteiger partial charge >= 0.3 is 0 Å². The van der Waals surface area contributed by atoms with E-state index in [1.807, 2.05) is 6.07 Å². The Bertz CT molecular complexity index is 610. The number of carbonyl (C=O) groups excluding carboxylic acids is 2. The van der Waals surface area contributed by atoms with Gasteiger partial charge in [0.05, 0.1) is 0 Å². The lowest BCUT2D eigenvalue weighted by molar-refractivity contribution is -0.122. The third kappa shape index (κ3) is 5.60. The summed E-state index contributed by atoms with van der Waals surface area (Å²) < 4.78 is 0. The molecule has 0 heterocycles. The summed E-state index contributed by atoms with van der Waals surface area (Å²) in [5, 5.41) is 8.90. The van der Waals surface area contributed by atoms with Crippen molar-refractivity contribution in [3.63, 3.8) is 0 Å².